The lowest BCUT2D eigenvalue weighted by Crippen LogP contribution is -2.08. The predicted molar refractivity (Wildman–Crippen MR) is 79.9 cm³/mol. The number of allylic oxidation sites excluding steroid dienone is 1. The Kier molecular flexibility index (Phi) is 3.36. The third-order valence-corrected chi connectivity index (χ3v) is 3.78. The van der Waals surface area contributed by atoms with Gasteiger partial charge in [-0.15, -0.1) is 0 Å². The van der Waals surface area contributed by atoms with Gasteiger partial charge in [0.1, 0.15) is 6.29 Å². The smallest absolute Gasteiger partial charge is 0.277 e. The summed E-state index contributed by atoms with van der Waals surface area (Å²) in [6.45, 7) is 0. The monoisotopic (exact) mass is 279 g/mol. The number of para-hydroxylation sites is 1. The molecule has 0 aliphatic heterocycles. The van der Waals surface area contributed by atoms with Crippen LogP contribution in [-0.4, -0.2) is 11.2 Å². The second-order valence-corrected chi connectivity index (χ2v) is 4.95. The first-order valence-corrected chi connectivity index (χ1v) is 6.72. The van der Waals surface area contributed by atoms with Crippen LogP contribution in [0.25, 0.3) is 5.57 Å². The highest BCUT2D eigenvalue weighted by Gasteiger charge is 2.25. The fourth-order valence-corrected chi connectivity index (χ4v) is 2.83. The molecule has 0 N–H and O–H groups in total. The summed E-state index contributed by atoms with van der Waals surface area (Å²) in [6.07, 6.45) is 2.22. The van der Waals surface area contributed by atoms with Crippen LogP contribution in [0, 0.1) is 10.1 Å². The summed E-state index contributed by atoms with van der Waals surface area (Å²) in [5.41, 5.74) is 3.90. The molecule has 2 aromatic rings. The Morgan fingerprint density at radius 2 is 1.62 bits per heavy atom. The van der Waals surface area contributed by atoms with E-state index >= 15 is 0 Å². The highest BCUT2D eigenvalue weighted by molar-refractivity contribution is 5.98. The molecular weight excluding hydrogens is 266 g/mol. The molecule has 0 heterocycles. The summed E-state index contributed by atoms with van der Waals surface area (Å²) < 4.78 is 0. The molecule has 4 heteroatoms. The topological polar surface area (TPSA) is 60.2 Å². The van der Waals surface area contributed by atoms with Crippen molar-refractivity contribution in [1.29, 1.82) is 0 Å². The first-order chi connectivity index (χ1) is 10.2. The number of hydrogen-bond acceptors (Lipinski definition) is 3. The van der Waals surface area contributed by atoms with Gasteiger partial charge in [-0.05, 0) is 30.0 Å². The molecule has 4 nitrogen and oxygen atoms in total. The number of fused-ring (bicyclic) bond motifs is 1. The fourth-order valence-electron chi connectivity index (χ4n) is 2.83. The molecule has 1 aliphatic rings. The molecule has 0 saturated carbocycles. The third kappa shape index (κ3) is 2.25. The molecule has 0 spiro atoms. The van der Waals surface area contributed by atoms with Crippen LogP contribution < -0.4 is 0 Å². The third-order valence-electron chi connectivity index (χ3n) is 3.78. The van der Waals surface area contributed by atoms with Gasteiger partial charge < -0.3 is 0 Å². The minimum Gasteiger partial charge on any atom is -0.298 e. The van der Waals surface area contributed by atoms with Crippen molar-refractivity contribution < 1.29 is 9.72 Å². The summed E-state index contributed by atoms with van der Waals surface area (Å²) in [5.74, 6) is 0. The average molecular weight is 279 g/mol. The molecule has 0 amide bonds. The molecule has 0 aromatic heterocycles. The van der Waals surface area contributed by atoms with Crippen LogP contribution in [-0.2, 0) is 11.2 Å². The maximum absolute atomic E-state index is 11.4. The Hall–Kier alpha value is -2.75. The van der Waals surface area contributed by atoms with Crippen molar-refractivity contribution in [3.05, 3.63) is 80.9 Å². The highest BCUT2D eigenvalue weighted by Crippen LogP contribution is 2.38. The van der Waals surface area contributed by atoms with E-state index in [9.17, 15) is 14.9 Å². The zero-order valence-electron chi connectivity index (χ0n) is 11.3. The maximum atomic E-state index is 11.4. The lowest BCUT2D eigenvalue weighted by Gasteiger charge is -2.21. The quantitative estimate of drug-likeness (QED) is 0.490. The molecule has 104 valence electrons. The Balaban J connectivity index is 2.31. The van der Waals surface area contributed by atoms with Crippen LogP contribution in [0.15, 0.2) is 54.1 Å². The van der Waals surface area contributed by atoms with Crippen molar-refractivity contribution in [2.24, 2.45) is 0 Å². The van der Waals surface area contributed by atoms with E-state index in [0.717, 1.165) is 23.8 Å². The van der Waals surface area contributed by atoms with Gasteiger partial charge in [-0.3, -0.25) is 14.9 Å². The largest absolute Gasteiger partial charge is 0.298 e. The highest BCUT2D eigenvalue weighted by atomic mass is 16.6. The van der Waals surface area contributed by atoms with Crippen molar-refractivity contribution in [3.63, 3.8) is 0 Å². The number of hydrogen-bond donors (Lipinski definition) is 0. The summed E-state index contributed by atoms with van der Waals surface area (Å²) in [7, 11) is 0. The normalized spacial score (nSPS) is 13.7. The standard InChI is InChI=1S/C17H13NO3/c19-11-13-10-9-12-5-1-2-6-14(12)17(13)15-7-3-4-8-16(15)18(20)21/h1-8,11H,9-10H2. The summed E-state index contributed by atoms with van der Waals surface area (Å²) in [5, 5.41) is 11.3. The number of benzene rings is 2. The maximum Gasteiger partial charge on any atom is 0.277 e. The van der Waals surface area contributed by atoms with Crippen LogP contribution in [0.3, 0.4) is 0 Å². The molecule has 0 saturated heterocycles. The van der Waals surface area contributed by atoms with Crippen molar-refractivity contribution in [1.82, 2.24) is 0 Å². The van der Waals surface area contributed by atoms with Gasteiger partial charge in [0.25, 0.3) is 5.69 Å². The van der Waals surface area contributed by atoms with E-state index in [2.05, 4.69) is 0 Å². The van der Waals surface area contributed by atoms with Gasteiger partial charge in [0.15, 0.2) is 0 Å². The lowest BCUT2D eigenvalue weighted by molar-refractivity contribution is -0.385. The second kappa shape index (κ2) is 5.32. The number of carbonyl (C=O) groups excluding carboxylic acids is 1. The minimum atomic E-state index is -0.401. The molecule has 1 aliphatic carbocycles. The van der Waals surface area contributed by atoms with Crippen molar-refractivity contribution in [2.45, 2.75) is 12.8 Å². The zero-order chi connectivity index (χ0) is 14.8. The van der Waals surface area contributed by atoms with E-state index in [4.69, 9.17) is 0 Å². The number of nitro benzene ring substituents is 1. The second-order valence-electron chi connectivity index (χ2n) is 4.95. The Morgan fingerprint density at radius 1 is 0.952 bits per heavy atom. The van der Waals surface area contributed by atoms with Gasteiger partial charge in [0.05, 0.1) is 10.5 Å². The molecule has 2 aromatic carbocycles. The Morgan fingerprint density at radius 3 is 2.33 bits per heavy atom. The SMILES string of the molecule is O=CC1=C(c2ccccc2[N+](=O)[O-])c2ccccc2CC1. The molecule has 0 radical (unpaired) electrons. The Labute approximate surface area is 121 Å². The molecule has 3 rings (SSSR count). The number of rotatable bonds is 3. The first kappa shape index (κ1) is 13.2. The number of aryl methyl sites for hydroxylation is 1. The summed E-state index contributed by atoms with van der Waals surface area (Å²) in [6, 6.07) is 14.3. The van der Waals surface area contributed by atoms with Crippen LogP contribution >= 0.6 is 0 Å². The van der Waals surface area contributed by atoms with E-state index < -0.39 is 4.92 Å². The van der Waals surface area contributed by atoms with Crippen LogP contribution in [0.2, 0.25) is 0 Å². The van der Waals surface area contributed by atoms with Gasteiger partial charge in [-0.25, -0.2) is 0 Å². The average Bonchev–Trinajstić information content (AvgIpc) is 2.53. The predicted octanol–water partition coefficient (Wildman–Crippen LogP) is 3.54. The van der Waals surface area contributed by atoms with Gasteiger partial charge >= 0.3 is 0 Å². The van der Waals surface area contributed by atoms with Gasteiger partial charge in [0.2, 0.25) is 0 Å². The van der Waals surface area contributed by atoms with Gasteiger partial charge in [0, 0.05) is 17.2 Å². The van der Waals surface area contributed by atoms with Gasteiger partial charge in [-0.1, -0.05) is 36.4 Å². The summed E-state index contributed by atoms with van der Waals surface area (Å²) >= 11 is 0. The van der Waals surface area contributed by atoms with Crippen molar-refractivity contribution in [2.75, 3.05) is 0 Å². The molecule has 21 heavy (non-hydrogen) atoms. The van der Waals surface area contributed by atoms with Gasteiger partial charge in [-0.2, -0.15) is 0 Å². The van der Waals surface area contributed by atoms with Crippen molar-refractivity contribution in [3.8, 4) is 0 Å². The van der Waals surface area contributed by atoms with E-state index in [-0.39, 0.29) is 5.69 Å². The van der Waals surface area contributed by atoms with E-state index in [0.29, 0.717) is 23.1 Å². The number of nitro groups is 1. The molecular formula is C17H13NO3. The lowest BCUT2D eigenvalue weighted by atomic mass is 9.82. The first-order valence-electron chi connectivity index (χ1n) is 6.72. The molecule has 0 bridgehead atoms. The number of aldehydes is 1. The number of carbonyl (C=O) groups is 1. The number of nitrogens with zero attached hydrogens (tertiary/aromatic N) is 1. The van der Waals surface area contributed by atoms with Crippen LogP contribution in [0.1, 0.15) is 23.1 Å². The van der Waals surface area contributed by atoms with Crippen LogP contribution in [0.5, 0.6) is 0 Å². The molecule has 0 unspecified atom stereocenters. The minimum absolute atomic E-state index is 0.0311. The van der Waals surface area contributed by atoms with Crippen molar-refractivity contribution >= 4 is 17.5 Å². The van der Waals surface area contributed by atoms with E-state index in [1.807, 2.05) is 24.3 Å². The fraction of sp³-hybridized carbons (Fsp3) is 0.118. The van der Waals surface area contributed by atoms with Crippen LogP contribution in [0.4, 0.5) is 5.69 Å². The van der Waals surface area contributed by atoms with E-state index in [1.54, 1.807) is 18.2 Å². The van der Waals surface area contributed by atoms with E-state index in [1.165, 1.54) is 6.07 Å². The summed E-state index contributed by atoms with van der Waals surface area (Å²) in [4.78, 5) is 22.3. The molecule has 0 atom stereocenters. The Bertz CT molecular complexity index is 762. The zero-order valence-corrected chi connectivity index (χ0v) is 11.3. The molecule has 0 fully saturated rings.